The van der Waals surface area contributed by atoms with Crippen LogP contribution in [0.15, 0.2) is 23.1 Å². The Kier molecular flexibility index (Phi) is 3.36. The number of nitrogens with zero attached hydrogens (tertiary/aromatic N) is 1. The third-order valence-corrected chi connectivity index (χ3v) is 4.06. The Morgan fingerprint density at radius 1 is 1.27 bits per heavy atom. The van der Waals surface area contributed by atoms with Crippen LogP contribution in [0.4, 0.5) is 5.69 Å². The normalized spacial score (nSPS) is 11.8. The average Bonchev–Trinajstić information content (AvgIpc) is 2.17. The molecule has 0 radical (unpaired) electrons. The Morgan fingerprint density at radius 3 is 2.27 bits per heavy atom. The molecule has 0 heterocycles. The molecule has 0 amide bonds. The van der Waals surface area contributed by atoms with E-state index in [1.807, 2.05) is 14.0 Å². The summed E-state index contributed by atoms with van der Waals surface area (Å²) in [5.74, 6) is 0. The maximum absolute atomic E-state index is 11.8. The van der Waals surface area contributed by atoms with Gasteiger partial charge in [-0.1, -0.05) is 0 Å². The van der Waals surface area contributed by atoms with Crippen molar-refractivity contribution in [2.45, 2.75) is 11.8 Å². The van der Waals surface area contributed by atoms with E-state index in [9.17, 15) is 8.42 Å². The lowest BCUT2D eigenvalue weighted by atomic mass is 10.2. The molecule has 84 valence electrons. The van der Waals surface area contributed by atoms with Gasteiger partial charge in [0.15, 0.2) is 0 Å². The molecule has 4 nitrogen and oxygen atoms in total. The SMILES string of the molecule is CNc1ccc(S(=O)(=O)N(C)C)cc1C. The van der Waals surface area contributed by atoms with E-state index >= 15 is 0 Å². The highest BCUT2D eigenvalue weighted by Gasteiger charge is 2.17. The van der Waals surface area contributed by atoms with Crippen LogP contribution in [0.5, 0.6) is 0 Å². The summed E-state index contributed by atoms with van der Waals surface area (Å²) in [6.45, 7) is 1.88. The van der Waals surface area contributed by atoms with Crippen LogP contribution < -0.4 is 5.32 Å². The van der Waals surface area contributed by atoms with Gasteiger partial charge in [0, 0.05) is 26.8 Å². The van der Waals surface area contributed by atoms with E-state index in [0.29, 0.717) is 4.90 Å². The number of sulfonamides is 1. The molecule has 0 spiro atoms. The molecule has 0 unspecified atom stereocenters. The van der Waals surface area contributed by atoms with Crippen molar-refractivity contribution in [1.29, 1.82) is 0 Å². The fraction of sp³-hybridized carbons (Fsp3) is 0.400. The van der Waals surface area contributed by atoms with E-state index < -0.39 is 10.0 Å². The average molecular weight is 228 g/mol. The van der Waals surface area contributed by atoms with Crippen LogP contribution in [-0.4, -0.2) is 33.9 Å². The van der Waals surface area contributed by atoms with Gasteiger partial charge < -0.3 is 5.32 Å². The summed E-state index contributed by atoms with van der Waals surface area (Å²) in [6, 6.07) is 5.04. The van der Waals surface area contributed by atoms with Gasteiger partial charge in [-0.15, -0.1) is 0 Å². The highest BCUT2D eigenvalue weighted by atomic mass is 32.2. The summed E-state index contributed by atoms with van der Waals surface area (Å²) in [5.41, 5.74) is 1.85. The number of anilines is 1. The van der Waals surface area contributed by atoms with Crippen LogP contribution >= 0.6 is 0 Å². The first-order valence-corrected chi connectivity index (χ1v) is 6.04. The van der Waals surface area contributed by atoms with Crippen LogP contribution in [0, 0.1) is 6.92 Å². The van der Waals surface area contributed by atoms with Gasteiger partial charge in [0.1, 0.15) is 0 Å². The van der Waals surface area contributed by atoms with Crippen LogP contribution in [0.3, 0.4) is 0 Å². The third-order valence-electron chi connectivity index (χ3n) is 2.25. The van der Waals surface area contributed by atoms with Crippen molar-refractivity contribution < 1.29 is 8.42 Å². The van der Waals surface area contributed by atoms with Gasteiger partial charge in [-0.2, -0.15) is 0 Å². The first kappa shape index (κ1) is 12.0. The summed E-state index contributed by atoms with van der Waals surface area (Å²) in [5, 5.41) is 2.99. The van der Waals surface area contributed by atoms with Crippen LogP contribution in [0.1, 0.15) is 5.56 Å². The Bertz CT molecular complexity index is 452. The second-order valence-corrected chi connectivity index (χ2v) is 5.67. The lowest BCUT2D eigenvalue weighted by Gasteiger charge is -2.13. The minimum Gasteiger partial charge on any atom is -0.388 e. The standard InChI is InChI=1S/C10H16N2O2S/c1-8-7-9(5-6-10(8)11-2)15(13,14)12(3)4/h5-7,11H,1-4H3. The first-order chi connectivity index (χ1) is 6.89. The molecule has 15 heavy (non-hydrogen) atoms. The second-order valence-electron chi connectivity index (χ2n) is 3.51. The summed E-state index contributed by atoms with van der Waals surface area (Å²) in [7, 11) is 1.54. The molecular formula is C10H16N2O2S. The van der Waals surface area contributed by atoms with Gasteiger partial charge in [0.05, 0.1) is 4.90 Å². The van der Waals surface area contributed by atoms with Crippen LogP contribution in [-0.2, 0) is 10.0 Å². The molecule has 0 saturated heterocycles. The number of rotatable bonds is 3. The van der Waals surface area contributed by atoms with Gasteiger partial charge in [-0.3, -0.25) is 0 Å². The maximum Gasteiger partial charge on any atom is 0.242 e. The first-order valence-electron chi connectivity index (χ1n) is 4.60. The molecule has 0 aliphatic rings. The number of benzene rings is 1. The van der Waals surface area contributed by atoms with Gasteiger partial charge in [-0.05, 0) is 30.7 Å². The second kappa shape index (κ2) is 4.20. The topological polar surface area (TPSA) is 49.4 Å². The summed E-state index contributed by atoms with van der Waals surface area (Å²) in [6.07, 6.45) is 0. The monoisotopic (exact) mass is 228 g/mol. The van der Waals surface area contributed by atoms with E-state index in [1.165, 1.54) is 18.4 Å². The largest absolute Gasteiger partial charge is 0.388 e. The number of hydrogen-bond donors (Lipinski definition) is 1. The van der Waals surface area contributed by atoms with E-state index in [0.717, 1.165) is 11.3 Å². The Balaban J connectivity index is 3.25. The quantitative estimate of drug-likeness (QED) is 0.848. The minimum atomic E-state index is -3.32. The van der Waals surface area contributed by atoms with Crippen molar-refractivity contribution in [3.8, 4) is 0 Å². The molecule has 1 aromatic carbocycles. The third kappa shape index (κ3) is 2.30. The Hall–Kier alpha value is -1.07. The number of nitrogens with one attached hydrogen (secondary N) is 1. The van der Waals surface area contributed by atoms with Crippen LogP contribution in [0.2, 0.25) is 0 Å². The van der Waals surface area contributed by atoms with E-state index in [-0.39, 0.29) is 0 Å². The summed E-state index contributed by atoms with van der Waals surface area (Å²) in [4.78, 5) is 0.323. The highest BCUT2D eigenvalue weighted by molar-refractivity contribution is 7.89. The molecule has 0 aliphatic heterocycles. The molecule has 0 saturated carbocycles. The van der Waals surface area contributed by atoms with Crippen LogP contribution in [0.25, 0.3) is 0 Å². The molecule has 5 heteroatoms. The number of aryl methyl sites for hydroxylation is 1. The van der Waals surface area contributed by atoms with Crippen molar-refractivity contribution in [3.63, 3.8) is 0 Å². The lowest BCUT2D eigenvalue weighted by molar-refractivity contribution is 0.520. The molecule has 0 atom stereocenters. The van der Waals surface area contributed by atoms with Crippen molar-refractivity contribution >= 4 is 15.7 Å². The molecule has 0 fully saturated rings. The summed E-state index contributed by atoms with van der Waals surface area (Å²) < 4.78 is 24.8. The minimum absolute atomic E-state index is 0.323. The zero-order chi connectivity index (χ0) is 11.6. The lowest BCUT2D eigenvalue weighted by Crippen LogP contribution is -2.22. The fourth-order valence-corrected chi connectivity index (χ4v) is 2.28. The van der Waals surface area contributed by atoms with Crippen molar-refractivity contribution in [3.05, 3.63) is 23.8 Å². The maximum atomic E-state index is 11.8. The van der Waals surface area contributed by atoms with E-state index in [2.05, 4.69) is 5.32 Å². The molecule has 0 bridgehead atoms. The molecule has 1 aromatic rings. The Labute approximate surface area is 91.0 Å². The Morgan fingerprint density at radius 2 is 1.87 bits per heavy atom. The van der Waals surface area contributed by atoms with Crippen molar-refractivity contribution in [2.75, 3.05) is 26.5 Å². The van der Waals surface area contributed by atoms with Gasteiger partial charge in [0.2, 0.25) is 10.0 Å². The predicted octanol–water partition coefficient (Wildman–Crippen LogP) is 1.29. The van der Waals surface area contributed by atoms with Crippen molar-refractivity contribution in [1.82, 2.24) is 4.31 Å². The van der Waals surface area contributed by atoms with E-state index in [4.69, 9.17) is 0 Å². The molecular weight excluding hydrogens is 212 g/mol. The molecule has 1 N–H and O–H groups in total. The number of hydrogen-bond acceptors (Lipinski definition) is 3. The molecule has 0 aromatic heterocycles. The van der Waals surface area contributed by atoms with Crippen molar-refractivity contribution in [2.24, 2.45) is 0 Å². The fourth-order valence-electron chi connectivity index (χ4n) is 1.29. The molecule has 1 rings (SSSR count). The van der Waals surface area contributed by atoms with E-state index in [1.54, 1.807) is 18.2 Å². The predicted molar refractivity (Wildman–Crippen MR) is 61.6 cm³/mol. The van der Waals surface area contributed by atoms with Gasteiger partial charge >= 0.3 is 0 Å². The zero-order valence-electron chi connectivity index (χ0n) is 9.40. The molecule has 0 aliphatic carbocycles. The zero-order valence-corrected chi connectivity index (χ0v) is 10.2. The van der Waals surface area contributed by atoms with Gasteiger partial charge in [-0.25, -0.2) is 12.7 Å². The van der Waals surface area contributed by atoms with Gasteiger partial charge in [0.25, 0.3) is 0 Å². The summed E-state index contributed by atoms with van der Waals surface area (Å²) >= 11 is 0. The smallest absolute Gasteiger partial charge is 0.242 e. The highest BCUT2D eigenvalue weighted by Crippen LogP contribution is 2.20.